The van der Waals surface area contributed by atoms with Crippen molar-refractivity contribution in [1.29, 1.82) is 0 Å². The highest BCUT2D eigenvalue weighted by Gasteiger charge is 2.38. The quantitative estimate of drug-likeness (QED) is 0.506. The van der Waals surface area contributed by atoms with Gasteiger partial charge in [0.15, 0.2) is 0 Å². The molecule has 1 heteroatoms. The van der Waals surface area contributed by atoms with Crippen LogP contribution < -0.4 is 0 Å². The zero-order valence-electron chi connectivity index (χ0n) is 8.02. The van der Waals surface area contributed by atoms with Crippen molar-refractivity contribution < 1.29 is 4.39 Å². The molecule has 0 amide bonds. The van der Waals surface area contributed by atoms with Crippen LogP contribution in [-0.4, -0.2) is 6.17 Å². The van der Waals surface area contributed by atoms with E-state index < -0.39 is 6.17 Å². The second kappa shape index (κ2) is 2.76. The maximum atomic E-state index is 13.2. The van der Waals surface area contributed by atoms with Crippen LogP contribution in [0, 0.1) is 17.3 Å². The first kappa shape index (κ1) is 9.02. The van der Waals surface area contributed by atoms with Gasteiger partial charge in [0, 0.05) is 0 Å². The van der Waals surface area contributed by atoms with E-state index in [1.54, 1.807) is 0 Å². The lowest BCUT2D eigenvalue weighted by atomic mass is 9.64. The van der Waals surface area contributed by atoms with Crippen LogP contribution in [0.4, 0.5) is 4.39 Å². The lowest BCUT2D eigenvalue weighted by molar-refractivity contribution is 0.0301. The Morgan fingerprint density at radius 3 is 2.27 bits per heavy atom. The maximum Gasteiger partial charge on any atom is 0.103 e. The van der Waals surface area contributed by atoms with Crippen LogP contribution in [0.3, 0.4) is 0 Å². The largest absolute Gasteiger partial charge is 0.247 e. The first-order valence-corrected chi connectivity index (χ1v) is 4.59. The summed E-state index contributed by atoms with van der Waals surface area (Å²) >= 11 is 0. The molecule has 11 heavy (non-hydrogen) atoms. The van der Waals surface area contributed by atoms with Crippen molar-refractivity contribution >= 4 is 0 Å². The van der Waals surface area contributed by atoms with Gasteiger partial charge in [0.05, 0.1) is 0 Å². The molecule has 0 bridgehead atoms. The van der Waals surface area contributed by atoms with Crippen LogP contribution in [0.25, 0.3) is 0 Å². The molecule has 1 fully saturated rings. The molecule has 1 aliphatic rings. The zero-order chi connectivity index (χ0) is 8.65. The van der Waals surface area contributed by atoms with E-state index >= 15 is 0 Å². The van der Waals surface area contributed by atoms with Crippen molar-refractivity contribution in [3.63, 3.8) is 0 Å². The molecule has 0 aliphatic heterocycles. The smallest absolute Gasteiger partial charge is 0.103 e. The van der Waals surface area contributed by atoms with Crippen LogP contribution in [0.15, 0.2) is 0 Å². The van der Waals surface area contributed by atoms with Gasteiger partial charge in [-0.25, -0.2) is 4.39 Å². The summed E-state index contributed by atoms with van der Waals surface area (Å²) in [6.45, 7) is 8.72. The van der Waals surface area contributed by atoms with Gasteiger partial charge < -0.3 is 0 Å². The molecular weight excluding hydrogens is 139 g/mol. The van der Waals surface area contributed by atoms with Crippen LogP contribution >= 0.6 is 0 Å². The van der Waals surface area contributed by atoms with Crippen LogP contribution in [0.1, 0.15) is 40.5 Å². The third kappa shape index (κ3) is 1.57. The molecule has 0 N–H and O–H groups in total. The van der Waals surface area contributed by atoms with Crippen molar-refractivity contribution in [2.45, 2.75) is 46.7 Å². The van der Waals surface area contributed by atoms with E-state index in [0.717, 1.165) is 12.8 Å². The highest BCUT2D eigenvalue weighted by molar-refractivity contribution is 4.88. The first-order chi connectivity index (χ1) is 4.95. The third-order valence-corrected chi connectivity index (χ3v) is 3.66. The summed E-state index contributed by atoms with van der Waals surface area (Å²) in [5, 5.41) is 0. The molecule has 0 nitrogen and oxygen atoms in total. The number of hydrogen-bond acceptors (Lipinski definition) is 0. The molecule has 0 spiro atoms. The normalized spacial score (nSPS) is 43.9. The molecule has 0 aromatic carbocycles. The number of hydrogen-bond donors (Lipinski definition) is 0. The molecule has 0 aromatic heterocycles. The molecule has 0 saturated heterocycles. The maximum absolute atomic E-state index is 13.2. The predicted octanol–water partition coefficient (Wildman–Crippen LogP) is 3.42. The first-order valence-electron chi connectivity index (χ1n) is 4.59. The van der Waals surface area contributed by atoms with E-state index in [1.165, 1.54) is 0 Å². The van der Waals surface area contributed by atoms with Gasteiger partial charge in [-0.1, -0.05) is 27.7 Å². The molecule has 1 saturated carbocycles. The summed E-state index contributed by atoms with van der Waals surface area (Å²) in [7, 11) is 0. The van der Waals surface area contributed by atoms with Gasteiger partial charge in [-0.05, 0) is 30.1 Å². The summed E-state index contributed by atoms with van der Waals surface area (Å²) in [5.41, 5.74) is 0.349. The van der Waals surface area contributed by atoms with Crippen LogP contribution in [0.5, 0.6) is 0 Å². The van der Waals surface area contributed by atoms with Gasteiger partial charge >= 0.3 is 0 Å². The third-order valence-electron chi connectivity index (χ3n) is 3.66. The lowest BCUT2D eigenvalue weighted by Crippen LogP contribution is -2.37. The van der Waals surface area contributed by atoms with E-state index in [0.29, 0.717) is 11.3 Å². The summed E-state index contributed by atoms with van der Waals surface area (Å²) in [6.07, 6.45) is 1.25. The highest BCUT2D eigenvalue weighted by atomic mass is 19.1. The number of halogens is 1. The lowest BCUT2D eigenvalue weighted by Gasteiger charge is -2.42. The Hall–Kier alpha value is -0.0700. The molecule has 0 heterocycles. The second-order valence-electron chi connectivity index (χ2n) is 4.69. The predicted molar refractivity (Wildman–Crippen MR) is 46.2 cm³/mol. The number of alkyl halides is 1. The van der Waals surface area contributed by atoms with Crippen molar-refractivity contribution in [3.8, 4) is 0 Å². The second-order valence-corrected chi connectivity index (χ2v) is 4.69. The minimum Gasteiger partial charge on any atom is -0.247 e. The Morgan fingerprint density at radius 2 is 1.82 bits per heavy atom. The molecule has 1 aliphatic carbocycles. The fourth-order valence-electron chi connectivity index (χ4n) is 2.03. The summed E-state index contributed by atoms with van der Waals surface area (Å²) in [4.78, 5) is 0. The van der Waals surface area contributed by atoms with Crippen LogP contribution in [-0.2, 0) is 0 Å². The Morgan fingerprint density at radius 1 is 1.27 bits per heavy atom. The molecule has 0 aromatic rings. The Bertz CT molecular complexity index is 140. The molecule has 66 valence electrons. The van der Waals surface area contributed by atoms with Gasteiger partial charge in [0.25, 0.3) is 0 Å². The van der Waals surface area contributed by atoms with Gasteiger partial charge in [-0.2, -0.15) is 0 Å². The average molecular weight is 158 g/mol. The Balaban J connectivity index is 2.67. The highest BCUT2D eigenvalue weighted by Crippen LogP contribution is 2.44. The van der Waals surface area contributed by atoms with Crippen LogP contribution in [0.2, 0.25) is 0 Å². The van der Waals surface area contributed by atoms with Gasteiger partial charge in [-0.15, -0.1) is 0 Å². The zero-order valence-corrected chi connectivity index (χ0v) is 8.02. The fraction of sp³-hybridized carbons (Fsp3) is 1.00. The van der Waals surface area contributed by atoms with Crippen molar-refractivity contribution in [2.75, 3.05) is 0 Å². The van der Waals surface area contributed by atoms with Crippen molar-refractivity contribution in [1.82, 2.24) is 0 Å². The van der Waals surface area contributed by atoms with E-state index in [2.05, 4.69) is 20.8 Å². The molecule has 3 atom stereocenters. The monoisotopic (exact) mass is 158 g/mol. The van der Waals surface area contributed by atoms with E-state index in [1.807, 2.05) is 6.92 Å². The Labute approximate surface area is 69.2 Å². The van der Waals surface area contributed by atoms with Gasteiger partial charge in [0.1, 0.15) is 6.17 Å². The van der Waals surface area contributed by atoms with Crippen molar-refractivity contribution in [3.05, 3.63) is 0 Å². The van der Waals surface area contributed by atoms with E-state index in [-0.39, 0.29) is 5.92 Å². The standard InChI is InChI=1S/C10H19F/c1-7-8(2)10(3,4)6-5-9(7)11/h7-9H,5-6H2,1-4H3/t7?,8?,9-/m0/s1. The van der Waals surface area contributed by atoms with E-state index in [4.69, 9.17) is 0 Å². The molecule has 1 rings (SSSR count). The molecular formula is C10H19F. The summed E-state index contributed by atoms with van der Waals surface area (Å²) < 4.78 is 13.2. The van der Waals surface area contributed by atoms with Crippen molar-refractivity contribution in [2.24, 2.45) is 17.3 Å². The topological polar surface area (TPSA) is 0 Å². The Kier molecular flexibility index (Phi) is 2.27. The van der Waals surface area contributed by atoms with Gasteiger partial charge in [0.2, 0.25) is 0 Å². The average Bonchev–Trinajstić information content (AvgIpc) is 1.95. The minimum absolute atomic E-state index is 0.249. The van der Waals surface area contributed by atoms with E-state index in [9.17, 15) is 4.39 Å². The molecule has 0 radical (unpaired) electrons. The number of rotatable bonds is 0. The molecule has 2 unspecified atom stereocenters. The summed E-state index contributed by atoms with van der Waals surface area (Å²) in [6, 6.07) is 0. The van der Waals surface area contributed by atoms with Gasteiger partial charge in [-0.3, -0.25) is 0 Å². The summed E-state index contributed by atoms with van der Waals surface area (Å²) in [5.74, 6) is 0.769. The fourth-order valence-corrected chi connectivity index (χ4v) is 2.03. The minimum atomic E-state index is -0.557. The SMILES string of the molecule is CC1C(C)C(C)(C)CC[C@@H]1F.